The van der Waals surface area contributed by atoms with E-state index in [-0.39, 0.29) is 11.2 Å². The molecule has 0 aromatic heterocycles. The van der Waals surface area contributed by atoms with E-state index in [2.05, 4.69) is 21.2 Å². The number of benzene rings is 2. The van der Waals surface area contributed by atoms with Crippen LogP contribution in [0, 0.1) is 0 Å². The Morgan fingerprint density at radius 1 is 1.33 bits per heavy atom. The number of amides is 1. The van der Waals surface area contributed by atoms with Gasteiger partial charge in [0.05, 0.1) is 16.6 Å². The summed E-state index contributed by atoms with van der Waals surface area (Å²) in [6.07, 6.45) is 0. The summed E-state index contributed by atoms with van der Waals surface area (Å²) in [5.41, 5.74) is 6.85. The quantitative estimate of drug-likeness (QED) is 0.587. The number of rotatable bonds is 4. The standard InChI is InChI=1S/C15H14BrClN2OS/c1-9(21-14-5-3-2-4-11(14)16)15(20)19-13-8-10(17)6-7-12(13)18/h2-9H,18H2,1H3,(H,19,20). The van der Waals surface area contributed by atoms with Crippen molar-refractivity contribution in [3.8, 4) is 0 Å². The maximum Gasteiger partial charge on any atom is 0.237 e. The maximum atomic E-state index is 12.2. The molecule has 0 saturated carbocycles. The van der Waals surface area contributed by atoms with Crippen molar-refractivity contribution in [1.82, 2.24) is 0 Å². The zero-order chi connectivity index (χ0) is 15.4. The second kappa shape index (κ2) is 7.20. The van der Waals surface area contributed by atoms with E-state index >= 15 is 0 Å². The summed E-state index contributed by atoms with van der Waals surface area (Å²) in [5.74, 6) is -0.121. The van der Waals surface area contributed by atoms with Crippen molar-refractivity contribution in [3.05, 3.63) is 52.0 Å². The Bertz CT molecular complexity index is 666. The van der Waals surface area contributed by atoms with Crippen molar-refractivity contribution in [2.24, 2.45) is 0 Å². The minimum atomic E-state index is -0.262. The molecule has 6 heteroatoms. The van der Waals surface area contributed by atoms with Crippen LogP contribution < -0.4 is 11.1 Å². The van der Waals surface area contributed by atoms with Crippen LogP contribution in [0.4, 0.5) is 11.4 Å². The smallest absolute Gasteiger partial charge is 0.237 e. The number of halogens is 2. The molecule has 0 aliphatic heterocycles. The third kappa shape index (κ3) is 4.40. The highest BCUT2D eigenvalue weighted by molar-refractivity contribution is 9.10. The van der Waals surface area contributed by atoms with Crippen LogP contribution >= 0.6 is 39.3 Å². The predicted octanol–water partition coefficient (Wildman–Crippen LogP) is 4.80. The second-order valence-corrected chi connectivity index (χ2v) is 7.08. The van der Waals surface area contributed by atoms with Gasteiger partial charge in [0.25, 0.3) is 0 Å². The molecule has 0 aliphatic carbocycles. The van der Waals surface area contributed by atoms with E-state index < -0.39 is 0 Å². The maximum absolute atomic E-state index is 12.2. The van der Waals surface area contributed by atoms with Gasteiger partial charge in [-0.05, 0) is 53.2 Å². The largest absolute Gasteiger partial charge is 0.397 e. The van der Waals surface area contributed by atoms with Crippen LogP contribution in [0.5, 0.6) is 0 Å². The van der Waals surface area contributed by atoms with E-state index in [9.17, 15) is 4.79 Å². The molecular weight excluding hydrogens is 372 g/mol. The van der Waals surface area contributed by atoms with Gasteiger partial charge >= 0.3 is 0 Å². The second-order valence-electron chi connectivity index (χ2n) is 4.41. The monoisotopic (exact) mass is 384 g/mol. The minimum absolute atomic E-state index is 0.121. The first-order valence-electron chi connectivity index (χ1n) is 6.24. The molecule has 110 valence electrons. The van der Waals surface area contributed by atoms with E-state index in [0.717, 1.165) is 9.37 Å². The number of carbonyl (C=O) groups is 1. The van der Waals surface area contributed by atoms with Crippen LogP contribution in [0.3, 0.4) is 0 Å². The van der Waals surface area contributed by atoms with E-state index in [1.54, 1.807) is 18.2 Å². The van der Waals surface area contributed by atoms with Crippen LogP contribution in [0.1, 0.15) is 6.92 Å². The van der Waals surface area contributed by atoms with Crippen LogP contribution in [0.2, 0.25) is 5.02 Å². The average molecular weight is 386 g/mol. The lowest BCUT2D eigenvalue weighted by molar-refractivity contribution is -0.115. The van der Waals surface area contributed by atoms with Gasteiger partial charge in [0.2, 0.25) is 5.91 Å². The molecule has 2 aromatic carbocycles. The van der Waals surface area contributed by atoms with Crippen LogP contribution in [-0.4, -0.2) is 11.2 Å². The molecule has 1 unspecified atom stereocenters. The lowest BCUT2D eigenvalue weighted by atomic mass is 10.2. The number of anilines is 2. The topological polar surface area (TPSA) is 55.1 Å². The minimum Gasteiger partial charge on any atom is -0.397 e. The molecule has 0 fully saturated rings. The average Bonchev–Trinajstić information content (AvgIpc) is 2.45. The van der Waals surface area contributed by atoms with Gasteiger partial charge in [0.15, 0.2) is 0 Å². The van der Waals surface area contributed by atoms with Gasteiger partial charge in [-0.25, -0.2) is 0 Å². The number of carbonyl (C=O) groups excluding carboxylic acids is 1. The summed E-state index contributed by atoms with van der Waals surface area (Å²) in [4.78, 5) is 13.3. The summed E-state index contributed by atoms with van der Waals surface area (Å²) in [6.45, 7) is 1.85. The number of hydrogen-bond donors (Lipinski definition) is 2. The third-order valence-electron chi connectivity index (χ3n) is 2.78. The third-order valence-corrected chi connectivity index (χ3v) is 5.15. The van der Waals surface area contributed by atoms with Crippen molar-refractivity contribution in [2.75, 3.05) is 11.1 Å². The van der Waals surface area contributed by atoms with Gasteiger partial charge in [-0.3, -0.25) is 4.79 Å². The van der Waals surface area contributed by atoms with Crippen LogP contribution in [0.15, 0.2) is 51.8 Å². The first-order chi connectivity index (χ1) is 9.97. The van der Waals surface area contributed by atoms with Crippen LogP contribution in [-0.2, 0) is 4.79 Å². The Kier molecular flexibility index (Phi) is 5.56. The van der Waals surface area contributed by atoms with Crippen molar-refractivity contribution in [2.45, 2.75) is 17.1 Å². The molecule has 2 aromatic rings. The molecular formula is C15H14BrClN2OS. The fourth-order valence-corrected chi connectivity index (χ4v) is 3.28. The molecule has 1 amide bonds. The van der Waals surface area contributed by atoms with Gasteiger partial charge in [-0.15, -0.1) is 11.8 Å². The predicted molar refractivity (Wildman–Crippen MR) is 94.0 cm³/mol. The Labute approximate surface area is 141 Å². The Balaban J connectivity index is 2.06. The highest BCUT2D eigenvalue weighted by atomic mass is 79.9. The number of nitrogens with one attached hydrogen (secondary N) is 1. The highest BCUT2D eigenvalue weighted by Gasteiger charge is 2.16. The fraction of sp³-hybridized carbons (Fsp3) is 0.133. The number of nitrogens with two attached hydrogens (primary N) is 1. The van der Waals surface area contributed by atoms with Gasteiger partial charge in [-0.1, -0.05) is 23.7 Å². The van der Waals surface area contributed by atoms with Gasteiger partial charge in [0, 0.05) is 14.4 Å². The van der Waals surface area contributed by atoms with Crippen molar-refractivity contribution in [3.63, 3.8) is 0 Å². The Morgan fingerprint density at radius 3 is 2.76 bits per heavy atom. The zero-order valence-corrected chi connectivity index (χ0v) is 14.4. The first-order valence-corrected chi connectivity index (χ1v) is 8.29. The molecule has 1 atom stereocenters. The molecule has 3 nitrogen and oxygen atoms in total. The number of nitrogen functional groups attached to an aromatic ring is 1. The van der Waals surface area contributed by atoms with Crippen LogP contribution in [0.25, 0.3) is 0 Å². The highest BCUT2D eigenvalue weighted by Crippen LogP contribution is 2.31. The number of hydrogen-bond acceptors (Lipinski definition) is 3. The zero-order valence-electron chi connectivity index (χ0n) is 11.3. The molecule has 0 aliphatic rings. The lowest BCUT2D eigenvalue weighted by Gasteiger charge is -2.14. The molecule has 0 heterocycles. The first kappa shape index (κ1) is 16.2. The van der Waals surface area contributed by atoms with E-state index in [0.29, 0.717) is 16.4 Å². The molecule has 0 saturated heterocycles. The summed E-state index contributed by atoms with van der Waals surface area (Å²) in [7, 11) is 0. The van der Waals surface area contributed by atoms with Gasteiger partial charge in [-0.2, -0.15) is 0 Å². The summed E-state index contributed by atoms with van der Waals surface area (Å²) in [5, 5.41) is 3.08. The van der Waals surface area contributed by atoms with Crippen molar-refractivity contribution < 1.29 is 4.79 Å². The summed E-state index contributed by atoms with van der Waals surface area (Å²) < 4.78 is 0.969. The van der Waals surface area contributed by atoms with Gasteiger partial charge in [0.1, 0.15) is 0 Å². The van der Waals surface area contributed by atoms with E-state index in [4.69, 9.17) is 17.3 Å². The SMILES string of the molecule is CC(Sc1ccccc1Br)C(=O)Nc1cc(Cl)ccc1N. The van der Waals surface area contributed by atoms with E-state index in [1.165, 1.54) is 11.8 Å². The summed E-state index contributed by atoms with van der Waals surface area (Å²) >= 11 is 10.9. The fourth-order valence-electron chi connectivity index (χ4n) is 1.66. The van der Waals surface area contributed by atoms with Crippen molar-refractivity contribution >= 4 is 56.6 Å². The van der Waals surface area contributed by atoms with Gasteiger partial charge < -0.3 is 11.1 Å². The molecule has 0 bridgehead atoms. The van der Waals surface area contributed by atoms with Crippen molar-refractivity contribution in [1.29, 1.82) is 0 Å². The molecule has 3 N–H and O–H groups in total. The lowest BCUT2D eigenvalue weighted by Crippen LogP contribution is -2.23. The molecule has 21 heavy (non-hydrogen) atoms. The van der Waals surface area contributed by atoms with E-state index in [1.807, 2.05) is 31.2 Å². The number of thioether (sulfide) groups is 1. The normalized spacial score (nSPS) is 12.0. The summed E-state index contributed by atoms with van der Waals surface area (Å²) in [6, 6.07) is 12.8. The molecule has 0 radical (unpaired) electrons. The molecule has 2 rings (SSSR count). The Morgan fingerprint density at radius 2 is 2.05 bits per heavy atom. The Hall–Kier alpha value is -1.17. The molecule has 0 spiro atoms.